The topological polar surface area (TPSA) is 56.4 Å². The molecule has 1 aliphatic rings. The fraction of sp³-hybridized carbons (Fsp3) is 0.368. The van der Waals surface area contributed by atoms with Gasteiger partial charge in [-0.05, 0) is 31.0 Å². The maximum Gasteiger partial charge on any atom is 0.259 e. The van der Waals surface area contributed by atoms with Crippen LogP contribution >= 0.6 is 0 Å². The summed E-state index contributed by atoms with van der Waals surface area (Å²) in [5.74, 6) is -0.454. The van der Waals surface area contributed by atoms with Crippen LogP contribution in [0.1, 0.15) is 28.0 Å². The number of aromatic amines is 1. The van der Waals surface area contributed by atoms with Crippen molar-refractivity contribution in [3.63, 3.8) is 0 Å². The van der Waals surface area contributed by atoms with E-state index in [0.29, 0.717) is 13.1 Å². The molecule has 0 atom stereocenters. The normalized spacial score (nSPS) is 15.8. The molecule has 132 valence electrons. The number of benzene rings is 1. The minimum atomic E-state index is -0.242. The Kier molecular flexibility index (Phi) is 5.28. The Morgan fingerprint density at radius 3 is 2.64 bits per heavy atom. The number of rotatable bonds is 3. The summed E-state index contributed by atoms with van der Waals surface area (Å²) in [6.07, 6.45) is 2.35. The van der Waals surface area contributed by atoms with E-state index in [2.05, 4.69) is 9.88 Å². The van der Waals surface area contributed by atoms with Gasteiger partial charge < -0.3 is 9.88 Å². The molecule has 1 aromatic carbocycles. The second-order valence-corrected chi connectivity index (χ2v) is 6.44. The summed E-state index contributed by atoms with van der Waals surface area (Å²) < 4.78 is 13.0. The summed E-state index contributed by atoms with van der Waals surface area (Å²) in [6.45, 7) is 5.32. The molecular formula is C19H22FN3O2. The molecule has 1 amide bonds. The van der Waals surface area contributed by atoms with E-state index in [1.165, 1.54) is 24.4 Å². The Labute approximate surface area is 146 Å². The fourth-order valence-corrected chi connectivity index (χ4v) is 3.09. The largest absolute Gasteiger partial charge is 0.364 e. The number of nitrogens with one attached hydrogen (secondary N) is 1. The van der Waals surface area contributed by atoms with Gasteiger partial charge in [0.2, 0.25) is 0 Å². The molecule has 0 bridgehead atoms. The number of hydrogen-bond donors (Lipinski definition) is 1. The second kappa shape index (κ2) is 7.61. The van der Waals surface area contributed by atoms with Crippen molar-refractivity contribution in [3.05, 3.63) is 69.4 Å². The van der Waals surface area contributed by atoms with Crippen molar-refractivity contribution in [1.82, 2.24) is 14.8 Å². The lowest BCUT2D eigenvalue weighted by Crippen LogP contribution is -2.37. The van der Waals surface area contributed by atoms with Crippen LogP contribution in [0.3, 0.4) is 0 Å². The number of carbonyl (C=O) groups excluding carboxylic acids is 1. The number of nitrogens with zero attached hydrogens (tertiary/aromatic N) is 2. The van der Waals surface area contributed by atoms with Gasteiger partial charge in [0.05, 0.1) is 0 Å². The molecule has 2 aromatic rings. The lowest BCUT2D eigenvalue weighted by molar-refractivity contribution is 0.0759. The first-order valence-corrected chi connectivity index (χ1v) is 8.48. The molecule has 0 unspecified atom stereocenters. The number of H-pyrrole nitrogens is 1. The summed E-state index contributed by atoms with van der Waals surface area (Å²) >= 11 is 0. The Morgan fingerprint density at radius 2 is 1.92 bits per heavy atom. The van der Waals surface area contributed by atoms with Crippen LogP contribution in [0.5, 0.6) is 0 Å². The fourth-order valence-electron chi connectivity index (χ4n) is 3.09. The van der Waals surface area contributed by atoms with Crippen molar-refractivity contribution >= 4 is 5.91 Å². The number of aromatic nitrogens is 1. The summed E-state index contributed by atoms with van der Waals surface area (Å²) in [7, 11) is 0. The van der Waals surface area contributed by atoms with Gasteiger partial charge in [-0.3, -0.25) is 14.5 Å². The van der Waals surface area contributed by atoms with Crippen molar-refractivity contribution in [2.24, 2.45) is 0 Å². The van der Waals surface area contributed by atoms with Crippen LogP contribution in [0.4, 0.5) is 4.39 Å². The molecule has 1 aliphatic heterocycles. The number of pyridine rings is 1. The van der Waals surface area contributed by atoms with E-state index in [1.807, 2.05) is 0 Å². The minimum Gasteiger partial charge on any atom is -0.364 e. The lowest BCUT2D eigenvalue weighted by Gasteiger charge is -2.22. The smallest absolute Gasteiger partial charge is 0.259 e. The molecule has 0 spiro atoms. The van der Waals surface area contributed by atoms with E-state index in [0.717, 1.165) is 37.3 Å². The van der Waals surface area contributed by atoms with Crippen LogP contribution in [0.15, 0.2) is 41.3 Å². The van der Waals surface area contributed by atoms with Gasteiger partial charge in [-0.2, -0.15) is 0 Å². The highest BCUT2D eigenvalue weighted by Gasteiger charge is 2.22. The zero-order chi connectivity index (χ0) is 17.8. The maximum absolute atomic E-state index is 13.0. The number of aryl methyl sites for hydroxylation is 1. The Hall–Kier alpha value is -2.47. The molecule has 25 heavy (non-hydrogen) atoms. The van der Waals surface area contributed by atoms with Gasteiger partial charge in [0, 0.05) is 50.7 Å². The first kappa shape index (κ1) is 17.4. The van der Waals surface area contributed by atoms with Gasteiger partial charge in [-0.15, -0.1) is 0 Å². The van der Waals surface area contributed by atoms with Crippen molar-refractivity contribution < 1.29 is 9.18 Å². The number of amides is 1. The third kappa shape index (κ3) is 4.33. The molecule has 2 heterocycles. The number of halogens is 1. The molecule has 1 aromatic heterocycles. The zero-order valence-electron chi connectivity index (χ0n) is 14.3. The Balaban J connectivity index is 1.63. The van der Waals surface area contributed by atoms with Gasteiger partial charge in [0.15, 0.2) is 5.43 Å². The van der Waals surface area contributed by atoms with E-state index in [1.54, 1.807) is 24.0 Å². The average Bonchev–Trinajstić information content (AvgIpc) is 2.82. The van der Waals surface area contributed by atoms with Crippen LogP contribution in [-0.4, -0.2) is 46.9 Å². The third-order valence-corrected chi connectivity index (χ3v) is 4.48. The van der Waals surface area contributed by atoms with Crippen molar-refractivity contribution in [2.75, 3.05) is 26.2 Å². The molecule has 0 saturated carbocycles. The van der Waals surface area contributed by atoms with Gasteiger partial charge in [0.25, 0.3) is 5.91 Å². The quantitative estimate of drug-likeness (QED) is 0.929. The van der Waals surface area contributed by atoms with Gasteiger partial charge in [-0.25, -0.2) is 4.39 Å². The van der Waals surface area contributed by atoms with Gasteiger partial charge in [-0.1, -0.05) is 12.1 Å². The zero-order valence-corrected chi connectivity index (χ0v) is 14.3. The standard InChI is InChI=1S/C19H22FN3O2/c1-14-11-18(24)17(12-21-14)19(25)23-8-2-7-22(9-10-23)13-15-3-5-16(20)6-4-15/h3-6,11-12H,2,7-10,13H2,1H3,(H,21,24). The van der Waals surface area contributed by atoms with Gasteiger partial charge >= 0.3 is 0 Å². The highest BCUT2D eigenvalue weighted by Crippen LogP contribution is 2.11. The summed E-state index contributed by atoms with van der Waals surface area (Å²) in [4.78, 5) is 31.6. The molecule has 3 rings (SSSR count). The Morgan fingerprint density at radius 1 is 1.16 bits per heavy atom. The minimum absolute atomic E-state index is 0.192. The molecule has 0 radical (unpaired) electrons. The lowest BCUT2D eigenvalue weighted by atomic mass is 10.2. The van der Waals surface area contributed by atoms with Gasteiger partial charge in [0.1, 0.15) is 11.4 Å². The monoisotopic (exact) mass is 343 g/mol. The summed E-state index contributed by atoms with van der Waals surface area (Å²) in [6, 6.07) is 7.95. The molecule has 1 saturated heterocycles. The van der Waals surface area contributed by atoms with E-state index in [-0.39, 0.29) is 22.7 Å². The third-order valence-electron chi connectivity index (χ3n) is 4.48. The Bertz CT molecular complexity index is 801. The molecule has 1 fully saturated rings. The molecule has 1 N–H and O–H groups in total. The van der Waals surface area contributed by atoms with E-state index in [4.69, 9.17) is 0 Å². The highest BCUT2D eigenvalue weighted by atomic mass is 19.1. The first-order valence-electron chi connectivity index (χ1n) is 8.48. The van der Waals surface area contributed by atoms with Crippen molar-refractivity contribution in [3.8, 4) is 0 Å². The van der Waals surface area contributed by atoms with Crippen LogP contribution in [0.25, 0.3) is 0 Å². The van der Waals surface area contributed by atoms with Crippen LogP contribution in [0.2, 0.25) is 0 Å². The average molecular weight is 343 g/mol. The summed E-state index contributed by atoms with van der Waals surface area (Å²) in [5.41, 5.74) is 1.74. The predicted molar refractivity (Wildman–Crippen MR) is 94.0 cm³/mol. The van der Waals surface area contributed by atoms with Crippen molar-refractivity contribution in [2.45, 2.75) is 19.9 Å². The maximum atomic E-state index is 13.0. The van der Waals surface area contributed by atoms with E-state index in [9.17, 15) is 14.0 Å². The number of carbonyl (C=O) groups is 1. The molecule has 5 nitrogen and oxygen atoms in total. The highest BCUT2D eigenvalue weighted by molar-refractivity contribution is 5.93. The van der Waals surface area contributed by atoms with Crippen molar-refractivity contribution in [1.29, 1.82) is 0 Å². The van der Waals surface area contributed by atoms with Crippen LogP contribution in [-0.2, 0) is 6.54 Å². The summed E-state index contributed by atoms with van der Waals surface area (Å²) in [5, 5.41) is 0. The molecule has 6 heteroatoms. The molecule has 0 aliphatic carbocycles. The van der Waals surface area contributed by atoms with E-state index < -0.39 is 0 Å². The molecular weight excluding hydrogens is 321 g/mol. The SMILES string of the molecule is Cc1cc(=O)c(C(=O)N2CCCN(Cc3ccc(F)cc3)CC2)c[nH]1. The van der Waals surface area contributed by atoms with E-state index >= 15 is 0 Å². The van der Waals surface area contributed by atoms with Crippen LogP contribution < -0.4 is 5.43 Å². The predicted octanol–water partition coefficient (Wildman–Crippen LogP) is 2.17. The number of hydrogen-bond acceptors (Lipinski definition) is 3. The van der Waals surface area contributed by atoms with Crippen LogP contribution in [0, 0.1) is 12.7 Å². The first-order chi connectivity index (χ1) is 12.0. The second-order valence-electron chi connectivity index (χ2n) is 6.44.